The lowest BCUT2D eigenvalue weighted by Crippen LogP contribution is -2.26. The minimum Gasteiger partial charge on any atom is -0.333 e. The molecule has 0 aliphatic heterocycles. The molecule has 1 aromatic heterocycles. The van der Waals surface area contributed by atoms with Crippen molar-refractivity contribution in [1.82, 2.24) is 9.55 Å². The molecule has 1 heterocycles. The molecule has 0 unspecified atom stereocenters. The van der Waals surface area contributed by atoms with Crippen molar-refractivity contribution < 1.29 is 4.79 Å². The van der Waals surface area contributed by atoms with Gasteiger partial charge in [-0.15, -0.1) is 0 Å². The van der Waals surface area contributed by atoms with Crippen LogP contribution in [-0.4, -0.2) is 15.5 Å². The van der Waals surface area contributed by atoms with Gasteiger partial charge in [0.2, 0.25) is 5.91 Å². The van der Waals surface area contributed by atoms with E-state index >= 15 is 0 Å². The number of fused-ring (bicyclic) bond motifs is 2. The van der Waals surface area contributed by atoms with Gasteiger partial charge in [-0.3, -0.25) is 4.79 Å². The zero-order chi connectivity index (χ0) is 14.9. The average Bonchev–Trinajstić information content (AvgIpc) is 3.24. The quantitative estimate of drug-likeness (QED) is 0.940. The summed E-state index contributed by atoms with van der Waals surface area (Å²) in [6.07, 6.45) is 10.5. The molecule has 0 atom stereocenters. The summed E-state index contributed by atoms with van der Waals surface area (Å²) in [6, 6.07) is 8.13. The predicted octanol–water partition coefficient (Wildman–Crippen LogP) is 3.31. The van der Waals surface area contributed by atoms with E-state index in [1.165, 1.54) is 31.2 Å². The summed E-state index contributed by atoms with van der Waals surface area (Å²) >= 11 is 0. The van der Waals surface area contributed by atoms with Crippen LogP contribution < -0.4 is 5.32 Å². The fourth-order valence-corrected chi connectivity index (χ4v) is 4.24. The van der Waals surface area contributed by atoms with Gasteiger partial charge in [0.25, 0.3) is 0 Å². The van der Waals surface area contributed by atoms with Gasteiger partial charge < -0.3 is 9.88 Å². The number of nitrogens with zero attached hydrogens (tertiary/aromatic N) is 2. The molecule has 4 heteroatoms. The summed E-state index contributed by atoms with van der Waals surface area (Å²) in [5, 5.41) is 3.14. The van der Waals surface area contributed by atoms with Crippen LogP contribution in [0.25, 0.3) is 0 Å². The summed E-state index contributed by atoms with van der Waals surface area (Å²) < 4.78 is 2.03. The highest BCUT2D eigenvalue weighted by molar-refractivity contribution is 5.93. The normalized spacial score (nSPS) is 26.3. The highest BCUT2D eigenvalue weighted by Crippen LogP contribution is 2.49. The van der Waals surface area contributed by atoms with Crippen LogP contribution in [0.1, 0.15) is 31.2 Å². The number of nitrogens with one attached hydrogen (secondary N) is 1. The molecule has 2 bridgehead atoms. The topological polar surface area (TPSA) is 46.9 Å². The van der Waals surface area contributed by atoms with E-state index in [0.29, 0.717) is 11.8 Å². The lowest BCUT2D eigenvalue weighted by atomic mass is 9.97. The van der Waals surface area contributed by atoms with Crippen LogP contribution in [0.2, 0.25) is 0 Å². The maximum absolute atomic E-state index is 12.6. The maximum Gasteiger partial charge on any atom is 0.228 e. The van der Waals surface area contributed by atoms with Crippen molar-refractivity contribution in [2.75, 3.05) is 5.32 Å². The largest absolute Gasteiger partial charge is 0.333 e. The Morgan fingerprint density at radius 2 is 2.00 bits per heavy atom. The lowest BCUT2D eigenvalue weighted by molar-refractivity contribution is -0.121. The van der Waals surface area contributed by atoms with Crippen molar-refractivity contribution in [3.63, 3.8) is 0 Å². The Balaban J connectivity index is 1.45. The first kappa shape index (κ1) is 13.6. The second-order valence-corrected chi connectivity index (χ2v) is 6.63. The van der Waals surface area contributed by atoms with E-state index in [-0.39, 0.29) is 11.8 Å². The highest BCUT2D eigenvalue weighted by Gasteiger charge is 2.45. The van der Waals surface area contributed by atoms with Crippen LogP contribution in [0.15, 0.2) is 43.0 Å². The molecule has 1 N–H and O–H groups in total. The van der Waals surface area contributed by atoms with Crippen LogP contribution in [0.4, 0.5) is 5.69 Å². The second kappa shape index (κ2) is 5.59. The Morgan fingerprint density at radius 1 is 1.23 bits per heavy atom. The zero-order valence-electron chi connectivity index (χ0n) is 12.6. The molecule has 4 rings (SSSR count). The summed E-state index contributed by atoms with van der Waals surface area (Å²) in [6.45, 7) is 0.776. The van der Waals surface area contributed by atoms with Gasteiger partial charge in [0.1, 0.15) is 0 Å². The Kier molecular flexibility index (Phi) is 3.45. The van der Waals surface area contributed by atoms with E-state index in [2.05, 4.69) is 22.4 Å². The molecule has 114 valence electrons. The van der Waals surface area contributed by atoms with Gasteiger partial charge in [0.15, 0.2) is 0 Å². The molecule has 4 nitrogen and oxygen atoms in total. The minimum absolute atomic E-state index is 0.227. The molecular weight excluding hydrogens is 274 g/mol. The number of amides is 1. The molecule has 0 spiro atoms. The van der Waals surface area contributed by atoms with Crippen molar-refractivity contribution in [2.45, 2.75) is 32.2 Å². The van der Waals surface area contributed by atoms with Gasteiger partial charge >= 0.3 is 0 Å². The molecule has 2 fully saturated rings. The van der Waals surface area contributed by atoms with E-state index in [0.717, 1.165) is 12.2 Å². The number of aromatic nitrogens is 2. The fraction of sp³-hybridized carbons (Fsp3) is 0.444. The third-order valence-corrected chi connectivity index (χ3v) is 5.25. The monoisotopic (exact) mass is 295 g/mol. The van der Waals surface area contributed by atoms with Crippen molar-refractivity contribution in [2.24, 2.45) is 17.8 Å². The number of carbonyl (C=O) groups excluding carboxylic acids is 1. The first-order chi connectivity index (χ1) is 10.8. The molecule has 2 aromatic rings. The van der Waals surface area contributed by atoms with Gasteiger partial charge in [-0.05, 0) is 55.2 Å². The molecule has 1 amide bonds. The van der Waals surface area contributed by atoms with E-state index in [4.69, 9.17) is 0 Å². The number of hydrogen-bond acceptors (Lipinski definition) is 2. The molecule has 2 saturated carbocycles. The molecule has 1 aromatic carbocycles. The standard InChI is InChI=1S/C18H21N3O/c22-18(17-14-4-5-15(17)7-6-14)20-16-3-1-2-13(10-16)11-21-9-8-19-12-21/h1-3,8-10,12,14-15,17H,4-7,11H2,(H,20,22). The van der Waals surface area contributed by atoms with Crippen molar-refractivity contribution >= 4 is 11.6 Å². The van der Waals surface area contributed by atoms with E-state index in [9.17, 15) is 4.79 Å². The maximum atomic E-state index is 12.6. The smallest absolute Gasteiger partial charge is 0.228 e. The molecule has 2 aliphatic carbocycles. The van der Waals surface area contributed by atoms with E-state index in [1.54, 1.807) is 6.20 Å². The van der Waals surface area contributed by atoms with Gasteiger partial charge in [0.05, 0.1) is 6.33 Å². The minimum atomic E-state index is 0.227. The number of rotatable bonds is 4. The van der Waals surface area contributed by atoms with Gasteiger partial charge in [0, 0.05) is 30.5 Å². The molecular formula is C18H21N3O. The average molecular weight is 295 g/mol. The summed E-state index contributed by atoms with van der Waals surface area (Å²) in [5.74, 6) is 1.72. The first-order valence-corrected chi connectivity index (χ1v) is 8.15. The first-order valence-electron chi connectivity index (χ1n) is 8.15. The van der Waals surface area contributed by atoms with Crippen LogP contribution in [0, 0.1) is 17.8 Å². The Labute approximate surface area is 130 Å². The molecule has 0 saturated heterocycles. The van der Waals surface area contributed by atoms with E-state index < -0.39 is 0 Å². The Hall–Kier alpha value is -2.10. The van der Waals surface area contributed by atoms with Crippen LogP contribution >= 0.6 is 0 Å². The zero-order valence-corrected chi connectivity index (χ0v) is 12.6. The number of benzene rings is 1. The van der Waals surface area contributed by atoms with E-state index in [1.807, 2.05) is 29.2 Å². The lowest BCUT2D eigenvalue weighted by Gasteiger charge is -2.16. The van der Waals surface area contributed by atoms with Gasteiger partial charge in [-0.2, -0.15) is 0 Å². The predicted molar refractivity (Wildman–Crippen MR) is 85.3 cm³/mol. The van der Waals surface area contributed by atoms with Crippen LogP contribution in [0.3, 0.4) is 0 Å². The summed E-state index contributed by atoms with van der Waals surface area (Å²) in [7, 11) is 0. The Morgan fingerprint density at radius 3 is 2.68 bits per heavy atom. The number of carbonyl (C=O) groups is 1. The summed E-state index contributed by atoms with van der Waals surface area (Å²) in [4.78, 5) is 16.6. The summed E-state index contributed by atoms with van der Waals surface area (Å²) in [5.41, 5.74) is 2.08. The van der Waals surface area contributed by atoms with Crippen LogP contribution in [0.5, 0.6) is 0 Å². The highest BCUT2D eigenvalue weighted by atomic mass is 16.1. The molecule has 22 heavy (non-hydrogen) atoms. The number of anilines is 1. The molecule has 0 radical (unpaired) electrons. The van der Waals surface area contributed by atoms with Crippen molar-refractivity contribution in [1.29, 1.82) is 0 Å². The van der Waals surface area contributed by atoms with Gasteiger partial charge in [-0.1, -0.05) is 12.1 Å². The Bertz CT molecular complexity index is 645. The molecule has 2 aliphatic rings. The third kappa shape index (κ3) is 2.54. The van der Waals surface area contributed by atoms with Crippen LogP contribution in [-0.2, 0) is 11.3 Å². The third-order valence-electron chi connectivity index (χ3n) is 5.25. The fourth-order valence-electron chi connectivity index (χ4n) is 4.24. The SMILES string of the molecule is O=C(Nc1cccc(Cn2ccnc2)c1)C1C2CCC1CC2. The number of imidazole rings is 1. The van der Waals surface area contributed by atoms with Crippen molar-refractivity contribution in [3.8, 4) is 0 Å². The second-order valence-electron chi connectivity index (χ2n) is 6.63. The van der Waals surface area contributed by atoms with Gasteiger partial charge in [-0.25, -0.2) is 4.98 Å². The van der Waals surface area contributed by atoms with Crippen molar-refractivity contribution in [3.05, 3.63) is 48.5 Å². The number of hydrogen-bond donors (Lipinski definition) is 1.